The van der Waals surface area contributed by atoms with Crippen LogP contribution in [0.15, 0.2) is 100 Å². The maximum Gasteiger partial charge on any atom is 0.407 e. The van der Waals surface area contributed by atoms with Crippen LogP contribution in [0.1, 0.15) is 55.0 Å². The van der Waals surface area contributed by atoms with Crippen molar-refractivity contribution in [2.75, 3.05) is 10.6 Å². The second kappa shape index (κ2) is 15.6. The Morgan fingerprint density at radius 3 is 1.71 bits per heavy atom. The van der Waals surface area contributed by atoms with E-state index >= 15 is 0 Å². The first-order valence-electron chi connectivity index (χ1n) is 16.3. The van der Waals surface area contributed by atoms with Crippen LogP contribution in [0.25, 0.3) is 9.69 Å². The number of amides is 2. The second-order valence-corrected chi connectivity index (χ2v) is 13.0. The van der Waals surface area contributed by atoms with Gasteiger partial charge in [0.2, 0.25) is 0 Å². The van der Waals surface area contributed by atoms with Crippen LogP contribution >= 0.6 is 0 Å². The number of anilines is 2. The van der Waals surface area contributed by atoms with Crippen LogP contribution in [0.3, 0.4) is 0 Å². The van der Waals surface area contributed by atoms with Crippen LogP contribution in [0.5, 0.6) is 0 Å². The number of hydrogen-bond donors (Lipinski definition) is 3. The number of azo groups is 1. The average molecular weight is 781 g/mol. The molecule has 0 spiro atoms. The fourth-order valence-electron chi connectivity index (χ4n) is 5.62. The maximum atomic E-state index is 13.1. The third-order valence-electron chi connectivity index (χ3n) is 8.75. The Kier molecular flexibility index (Phi) is 11.3. The van der Waals surface area contributed by atoms with Gasteiger partial charge >= 0.3 is 12.4 Å². The van der Waals surface area contributed by atoms with Gasteiger partial charge in [-0.3, -0.25) is 15.0 Å². The minimum atomic E-state index is -4.72. The van der Waals surface area contributed by atoms with E-state index in [1.165, 1.54) is 55.5 Å². The van der Waals surface area contributed by atoms with Gasteiger partial charge in [0.25, 0.3) is 11.8 Å². The summed E-state index contributed by atoms with van der Waals surface area (Å²) in [6.07, 6.45) is -9.08. The normalized spacial score (nSPS) is 20.1. The van der Waals surface area contributed by atoms with Crippen LogP contribution in [0.4, 0.5) is 57.9 Å². The molecule has 2 aliphatic heterocycles. The summed E-state index contributed by atoms with van der Waals surface area (Å²) >= 11 is 0. The number of carbonyl (C=O) groups is 2. The van der Waals surface area contributed by atoms with Crippen molar-refractivity contribution in [2.24, 2.45) is 15.3 Å². The molecule has 4 aromatic carbocycles. The van der Waals surface area contributed by atoms with E-state index in [0.29, 0.717) is 16.8 Å². The van der Waals surface area contributed by atoms with Gasteiger partial charge in [0.1, 0.15) is 17.2 Å². The molecule has 18 heteroatoms. The zero-order valence-corrected chi connectivity index (χ0v) is 29.2. The fraction of sp³-hybridized carbons (Fsp3) is 0.237. The van der Waals surface area contributed by atoms with E-state index in [1.54, 1.807) is 19.1 Å². The summed E-state index contributed by atoms with van der Waals surface area (Å²) in [5.41, 5.74) is -1.45. The number of rotatable bonds is 6. The third kappa shape index (κ3) is 9.15. The molecule has 3 N–H and O–H groups in total. The smallest absolute Gasteiger partial charge is 0.324 e. The van der Waals surface area contributed by atoms with Crippen LogP contribution in [-0.4, -0.2) is 28.6 Å². The number of hydrazone groups is 1. The Bertz CT molecular complexity index is 2300. The SMILES string of the molecule is [C-]#[N+]c1ccc(NC(=O)C2(C)CC(c3ccc(F)cc3)=NN2)cc1C(F)(F)F.[C-]#[N+]c1ccc(NC(=O)C2(C)CC(c3ccc(F)cc3)N=N2)cc1C(F)(F)F. The van der Waals surface area contributed by atoms with Gasteiger partial charge in [-0.05, 0) is 73.5 Å². The first kappa shape index (κ1) is 40.5. The van der Waals surface area contributed by atoms with Gasteiger partial charge in [-0.25, -0.2) is 18.5 Å². The molecule has 10 nitrogen and oxygen atoms in total. The van der Waals surface area contributed by atoms with E-state index in [1.807, 2.05) is 0 Å². The van der Waals surface area contributed by atoms with E-state index in [-0.39, 0.29) is 24.2 Å². The fourth-order valence-corrected chi connectivity index (χ4v) is 5.62. The number of nitrogens with one attached hydrogen (secondary N) is 3. The first-order chi connectivity index (χ1) is 26.2. The predicted octanol–water partition coefficient (Wildman–Crippen LogP) is 10.2. The van der Waals surface area contributed by atoms with Gasteiger partial charge in [0.15, 0.2) is 16.9 Å². The molecular weight excluding hydrogens is 752 g/mol. The van der Waals surface area contributed by atoms with Gasteiger partial charge in [0, 0.05) is 24.2 Å². The highest BCUT2D eigenvalue weighted by Gasteiger charge is 2.42. The van der Waals surface area contributed by atoms with Crippen LogP contribution in [0, 0.1) is 24.8 Å². The molecule has 2 heterocycles. The van der Waals surface area contributed by atoms with Gasteiger partial charge in [-0.2, -0.15) is 41.7 Å². The highest BCUT2D eigenvalue weighted by atomic mass is 19.4. The minimum Gasteiger partial charge on any atom is -0.324 e. The standard InChI is InChI=1S/2C19H14F4N4O/c2*1-18(10-16(26-27-18)11-3-5-12(20)6-4-11)17(28)25-13-7-8-15(24-2)14(9-13)19(21,22)23/h3-9,27H,10H2,1H3,(H,25,28);3-9,16H,10H2,1H3,(H,25,28). The highest BCUT2D eigenvalue weighted by molar-refractivity contribution is 6.09. The molecule has 0 saturated carbocycles. The number of benzene rings is 4. The number of nitrogens with zero attached hydrogens (tertiary/aromatic N) is 5. The molecule has 0 aromatic heterocycles. The van der Waals surface area contributed by atoms with Gasteiger partial charge in [-0.15, -0.1) is 0 Å². The molecule has 3 unspecified atom stereocenters. The lowest BCUT2D eigenvalue weighted by molar-refractivity contribution is -0.137. The Labute approximate surface area is 314 Å². The lowest BCUT2D eigenvalue weighted by atomic mass is 9.91. The quantitative estimate of drug-likeness (QED) is 0.134. The van der Waals surface area contributed by atoms with E-state index < -0.39 is 75.4 Å². The minimum absolute atomic E-state index is 0.0806. The Hall–Kier alpha value is -6.69. The Balaban J connectivity index is 0.000000214. The Morgan fingerprint density at radius 1 is 0.750 bits per heavy atom. The topological polar surface area (TPSA) is 116 Å². The first-order valence-corrected chi connectivity index (χ1v) is 16.3. The molecule has 0 saturated heterocycles. The summed E-state index contributed by atoms with van der Waals surface area (Å²) in [5, 5.41) is 17.0. The molecule has 4 aromatic rings. The lowest BCUT2D eigenvalue weighted by Gasteiger charge is -2.23. The van der Waals surface area contributed by atoms with Crippen molar-refractivity contribution in [3.05, 3.63) is 142 Å². The number of hydrogen-bond acceptors (Lipinski definition) is 6. The summed E-state index contributed by atoms with van der Waals surface area (Å²) < 4.78 is 105. The van der Waals surface area contributed by atoms with E-state index in [4.69, 9.17) is 13.1 Å². The van der Waals surface area contributed by atoms with Gasteiger partial charge in [0.05, 0.1) is 36.0 Å². The van der Waals surface area contributed by atoms with Gasteiger partial charge in [-0.1, -0.05) is 36.4 Å². The Morgan fingerprint density at radius 2 is 1.23 bits per heavy atom. The molecule has 0 fully saturated rings. The van der Waals surface area contributed by atoms with Crippen molar-refractivity contribution in [1.82, 2.24) is 5.43 Å². The number of halogens is 8. The average Bonchev–Trinajstić information content (AvgIpc) is 3.76. The van der Waals surface area contributed by atoms with Crippen molar-refractivity contribution < 1.29 is 44.7 Å². The van der Waals surface area contributed by atoms with Crippen molar-refractivity contribution in [3.8, 4) is 0 Å². The summed E-state index contributed by atoms with van der Waals surface area (Å²) in [7, 11) is 0. The predicted molar refractivity (Wildman–Crippen MR) is 189 cm³/mol. The van der Waals surface area contributed by atoms with E-state index in [2.05, 4.69) is 41.1 Å². The molecule has 0 aliphatic carbocycles. The molecule has 6 rings (SSSR count). The molecule has 288 valence electrons. The zero-order chi connectivity index (χ0) is 41.1. The monoisotopic (exact) mass is 780 g/mol. The van der Waals surface area contributed by atoms with Crippen molar-refractivity contribution >= 4 is 40.3 Å². The zero-order valence-electron chi connectivity index (χ0n) is 29.2. The molecule has 56 heavy (non-hydrogen) atoms. The van der Waals surface area contributed by atoms with Crippen molar-refractivity contribution in [1.29, 1.82) is 0 Å². The highest BCUT2D eigenvalue weighted by Crippen LogP contribution is 2.41. The van der Waals surface area contributed by atoms with Crippen molar-refractivity contribution in [3.63, 3.8) is 0 Å². The number of alkyl halides is 6. The van der Waals surface area contributed by atoms with E-state index in [0.717, 1.165) is 24.3 Å². The molecule has 2 aliphatic rings. The van der Waals surface area contributed by atoms with Crippen LogP contribution in [0.2, 0.25) is 0 Å². The molecule has 3 atom stereocenters. The van der Waals surface area contributed by atoms with Crippen molar-refractivity contribution in [2.45, 2.75) is 56.2 Å². The number of carbonyl (C=O) groups excluding carboxylic acids is 2. The summed E-state index contributed by atoms with van der Waals surface area (Å²) in [6.45, 7) is 16.8. The summed E-state index contributed by atoms with van der Waals surface area (Å²) in [5.74, 6) is -2.01. The lowest BCUT2D eigenvalue weighted by Crippen LogP contribution is -2.47. The largest absolute Gasteiger partial charge is 0.407 e. The van der Waals surface area contributed by atoms with E-state index in [9.17, 15) is 44.7 Å². The maximum absolute atomic E-state index is 13.1. The van der Waals surface area contributed by atoms with Crippen LogP contribution < -0.4 is 16.1 Å². The third-order valence-corrected chi connectivity index (χ3v) is 8.75. The summed E-state index contributed by atoms with van der Waals surface area (Å²) in [4.78, 5) is 31.0. The molecule has 0 bridgehead atoms. The van der Waals surface area contributed by atoms with Gasteiger partial charge < -0.3 is 10.6 Å². The molecular formula is C38H28F8N8O2. The van der Waals surface area contributed by atoms with Crippen LogP contribution in [-0.2, 0) is 21.9 Å². The second-order valence-electron chi connectivity index (χ2n) is 13.0. The molecule has 0 radical (unpaired) electrons. The molecule has 2 amide bonds. The summed E-state index contributed by atoms with van der Waals surface area (Å²) in [6, 6.07) is 16.7.